The van der Waals surface area contributed by atoms with E-state index in [1.807, 2.05) is 36.2 Å². The molecular weight excluding hydrogens is 310 g/mol. The first-order valence-corrected chi connectivity index (χ1v) is 8.60. The zero-order valence-electron chi connectivity index (χ0n) is 11.8. The normalized spacial score (nSPS) is 11.4. The molecule has 6 nitrogen and oxygen atoms in total. The first-order valence-electron chi connectivity index (χ1n) is 6.23. The quantitative estimate of drug-likeness (QED) is 0.868. The minimum atomic E-state index is -3.68. The second-order valence-electron chi connectivity index (χ2n) is 4.49. The average Bonchev–Trinajstić information content (AvgIpc) is 2.95. The summed E-state index contributed by atoms with van der Waals surface area (Å²) in [5.41, 5.74) is 1.09. The number of sulfonamides is 1. The highest BCUT2D eigenvalue weighted by Crippen LogP contribution is 2.25. The number of methoxy groups -OCH3 is 1. The molecule has 8 heteroatoms. The summed E-state index contributed by atoms with van der Waals surface area (Å²) in [6.07, 6.45) is 2.06. The van der Waals surface area contributed by atoms with Gasteiger partial charge >= 0.3 is 0 Å². The molecule has 0 saturated carbocycles. The largest absolute Gasteiger partial charge is 0.496 e. The van der Waals surface area contributed by atoms with Crippen molar-refractivity contribution < 1.29 is 13.2 Å². The number of nitrogens with two attached hydrogens (primary N) is 1. The van der Waals surface area contributed by atoms with Gasteiger partial charge in [-0.1, -0.05) is 29.5 Å². The summed E-state index contributed by atoms with van der Waals surface area (Å²) in [4.78, 5) is 5.99. The van der Waals surface area contributed by atoms with E-state index >= 15 is 0 Å². The van der Waals surface area contributed by atoms with Crippen LogP contribution in [0.15, 0.2) is 34.7 Å². The van der Waals surface area contributed by atoms with Crippen molar-refractivity contribution in [2.45, 2.75) is 10.6 Å². The van der Waals surface area contributed by atoms with Crippen molar-refractivity contribution in [2.24, 2.45) is 5.14 Å². The molecule has 114 valence electrons. The molecule has 0 aliphatic heterocycles. The van der Waals surface area contributed by atoms with Gasteiger partial charge in [0.25, 0.3) is 0 Å². The number of benzene rings is 1. The lowest BCUT2D eigenvalue weighted by atomic mass is 10.1. The van der Waals surface area contributed by atoms with Gasteiger partial charge in [-0.3, -0.25) is 0 Å². The number of primary sulfonamides is 1. The van der Waals surface area contributed by atoms with Crippen LogP contribution in [0.3, 0.4) is 0 Å². The first-order chi connectivity index (χ1) is 9.91. The maximum atomic E-state index is 11.2. The van der Waals surface area contributed by atoms with Crippen molar-refractivity contribution >= 4 is 26.5 Å². The van der Waals surface area contributed by atoms with Gasteiger partial charge in [-0.25, -0.2) is 18.5 Å². The van der Waals surface area contributed by atoms with E-state index in [1.165, 1.54) is 6.20 Å². The molecule has 0 bridgehead atoms. The van der Waals surface area contributed by atoms with Crippen LogP contribution < -0.4 is 14.8 Å². The molecule has 0 unspecified atom stereocenters. The van der Waals surface area contributed by atoms with E-state index in [0.29, 0.717) is 11.7 Å². The van der Waals surface area contributed by atoms with Gasteiger partial charge in [0.2, 0.25) is 10.0 Å². The Morgan fingerprint density at radius 2 is 2.10 bits per heavy atom. The van der Waals surface area contributed by atoms with Crippen molar-refractivity contribution in [3.8, 4) is 5.75 Å². The highest BCUT2D eigenvalue weighted by Gasteiger charge is 2.15. The Hall–Kier alpha value is -1.64. The van der Waals surface area contributed by atoms with Gasteiger partial charge in [0, 0.05) is 13.6 Å². The molecule has 2 N–H and O–H groups in total. The Morgan fingerprint density at radius 1 is 1.38 bits per heavy atom. The number of nitrogens with zero attached hydrogens (tertiary/aromatic N) is 2. The van der Waals surface area contributed by atoms with E-state index in [4.69, 9.17) is 9.88 Å². The van der Waals surface area contributed by atoms with Crippen LogP contribution >= 0.6 is 11.3 Å². The fourth-order valence-corrected chi connectivity index (χ4v) is 3.38. The Kier molecular flexibility index (Phi) is 4.81. The van der Waals surface area contributed by atoms with E-state index in [2.05, 4.69) is 4.98 Å². The lowest BCUT2D eigenvalue weighted by Gasteiger charge is -2.16. The summed E-state index contributed by atoms with van der Waals surface area (Å²) in [5, 5.41) is 5.70. The summed E-state index contributed by atoms with van der Waals surface area (Å²) >= 11 is 1.06. The van der Waals surface area contributed by atoms with Gasteiger partial charge in [0.15, 0.2) is 9.34 Å². The molecule has 0 fully saturated rings. The molecule has 0 saturated heterocycles. The SMILES string of the molecule is COc1ccccc1CCN(C)c1ncc(S(N)(=O)=O)s1. The fourth-order valence-electron chi connectivity index (χ4n) is 1.85. The topological polar surface area (TPSA) is 85.5 Å². The lowest BCUT2D eigenvalue weighted by molar-refractivity contribution is 0.409. The zero-order chi connectivity index (χ0) is 15.5. The minimum Gasteiger partial charge on any atom is -0.496 e. The van der Waals surface area contributed by atoms with Crippen LogP contribution in [0.25, 0.3) is 0 Å². The van der Waals surface area contributed by atoms with E-state index in [0.717, 1.165) is 29.1 Å². The Balaban J connectivity index is 2.05. The monoisotopic (exact) mass is 327 g/mol. The third-order valence-corrected chi connectivity index (χ3v) is 5.51. The summed E-state index contributed by atoms with van der Waals surface area (Å²) in [6.45, 7) is 0.692. The summed E-state index contributed by atoms with van der Waals surface area (Å²) in [6, 6.07) is 7.80. The second kappa shape index (κ2) is 6.42. The number of thiazole rings is 1. The Labute approximate surface area is 128 Å². The lowest BCUT2D eigenvalue weighted by Crippen LogP contribution is -2.20. The standard InChI is InChI=1S/C13H17N3O3S2/c1-16(13-15-9-12(20-13)21(14,17)18)8-7-10-5-3-4-6-11(10)19-2/h3-6,9H,7-8H2,1-2H3,(H2,14,17,18). The third-order valence-electron chi connectivity index (χ3n) is 2.99. The molecule has 1 heterocycles. The van der Waals surface area contributed by atoms with E-state index in [-0.39, 0.29) is 4.21 Å². The van der Waals surface area contributed by atoms with Crippen molar-refractivity contribution in [3.05, 3.63) is 36.0 Å². The maximum absolute atomic E-state index is 11.2. The Bertz CT molecular complexity index is 713. The number of hydrogen-bond acceptors (Lipinski definition) is 6. The van der Waals surface area contributed by atoms with Crippen molar-refractivity contribution in [1.29, 1.82) is 0 Å². The van der Waals surface area contributed by atoms with Crippen LogP contribution in [0, 0.1) is 0 Å². The van der Waals surface area contributed by atoms with Crippen molar-refractivity contribution in [2.75, 3.05) is 25.6 Å². The van der Waals surface area contributed by atoms with Crippen LogP contribution in [0.4, 0.5) is 5.13 Å². The highest BCUT2D eigenvalue weighted by molar-refractivity contribution is 7.91. The number of likely N-dealkylation sites (N-methyl/N-ethyl adjacent to an activating group) is 1. The first kappa shape index (κ1) is 15.7. The van der Waals surface area contributed by atoms with Gasteiger partial charge in [0.05, 0.1) is 13.3 Å². The zero-order valence-corrected chi connectivity index (χ0v) is 13.4. The average molecular weight is 327 g/mol. The summed E-state index contributed by atoms with van der Waals surface area (Å²) in [5.74, 6) is 0.843. The summed E-state index contributed by atoms with van der Waals surface area (Å²) < 4.78 is 27.9. The fraction of sp³-hybridized carbons (Fsp3) is 0.308. The molecule has 0 aliphatic rings. The van der Waals surface area contributed by atoms with Gasteiger partial charge in [-0.15, -0.1) is 0 Å². The smallest absolute Gasteiger partial charge is 0.249 e. The number of hydrogen-bond donors (Lipinski definition) is 1. The van der Waals surface area contributed by atoms with Crippen molar-refractivity contribution in [1.82, 2.24) is 4.98 Å². The van der Waals surface area contributed by atoms with E-state index in [9.17, 15) is 8.42 Å². The highest BCUT2D eigenvalue weighted by atomic mass is 32.2. The predicted octanol–water partition coefficient (Wildman–Crippen LogP) is 1.48. The van der Waals surface area contributed by atoms with Gasteiger partial charge in [0.1, 0.15) is 5.75 Å². The number of ether oxygens (including phenoxy) is 1. The van der Waals surface area contributed by atoms with E-state index in [1.54, 1.807) is 7.11 Å². The molecule has 0 aliphatic carbocycles. The molecule has 1 aromatic heterocycles. The third kappa shape index (κ3) is 3.93. The molecule has 1 aromatic carbocycles. The molecule has 2 rings (SSSR count). The molecule has 0 atom stereocenters. The second-order valence-corrected chi connectivity index (χ2v) is 7.29. The predicted molar refractivity (Wildman–Crippen MR) is 83.5 cm³/mol. The van der Waals surface area contributed by atoms with Crippen LogP contribution in [-0.2, 0) is 16.4 Å². The van der Waals surface area contributed by atoms with Crippen LogP contribution in [-0.4, -0.2) is 34.1 Å². The number of aromatic nitrogens is 1. The van der Waals surface area contributed by atoms with Gasteiger partial charge in [-0.2, -0.15) is 0 Å². The molecule has 2 aromatic rings. The molecular formula is C13H17N3O3S2. The van der Waals surface area contributed by atoms with Gasteiger partial charge in [-0.05, 0) is 18.1 Å². The van der Waals surface area contributed by atoms with Crippen molar-refractivity contribution in [3.63, 3.8) is 0 Å². The molecule has 0 spiro atoms. The molecule has 0 radical (unpaired) electrons. The minimum absolute atomic E-state index is 0.0710. The molecule has 0 amide bonds. The van der Waals surface area contributed by atoms with Crippen LogP contribution in [0.2, 0.25) is 0 Å². The van der Waals surface area contributed by atoms with Gasteiger partial charge < -0.3 is 9.64 Å². The maximum Gasteiger partial charge on any atom is 0.249 e. The number of para-hydroxylation sites is 1. The number of anilines is 1. The Morgan fingerprint density at radius 3 is 2.71 bits per heavy atom. The molecule has 21 heavy (non-hydrogen) atoms. The summed E-state index contributed by atoms with van der Waals surface area (Å²) in [7, 11) is -0.181. The number of rotatable bonds is 6. The van der Waals surface area contributed by atoms with E-state index < -0.39 is 10.0 Å². The van der Waals surface area contributed by atoms with Crippen LogP contribution in [0.1, 0.15) is 5.56 Å². The van der Waals surface area contributed by atoms with Crippen LogP contribution in [0.5, 0.6) is 5.75 Å².